The molecule has 2 aromatic rings. The van der Waals surface area contributed by atoms with Gasteiger partial charge in [-0.05, 0) is 30.3 Å². The van der Waals surface area contributed by atoms with Gasteiger partial charge in [0.05, 0.1) is 0 Å². The number of aliphatic hydroxyl groups is 1. The summed E-state index contributed by atoms with van der Waals surface area (Å²) in [5.41, 5.74) is 0. The zero-order valence-corrected chi connectivity index (χ0v) is 14.1. The van der Waals surface area contributed by atoms with E-state index in [9.17, 15) is 5.11 Å². The lowest BCUT2D eigenvalue weighted by Crippen LogP contribution is -2.49. The number of aromatic nitrogens is 2. The fourth-order valence-corrected chi connectivity index (χ4v) is 2.78. The zero-order chi connectivity index (χ0) is 16.8. The van der Waals surface area contributed by atoms with Crippen LogP contribution in [0.4, 0.5) is 5.95 Å². The molecule has 1 fully saturated rings. The van der Waals surface area contributed by atoms with Gasteiger partial charge in [0.25, 0.3) is 0 Å². The van der Waals surface area contributed by atoms with Crippen LogP contribution in [0.15, 0.2) is 42.7 Å². The number of piperazine rings is 1. The van der Waals surface area contributed by atoms with Crippen molar-refractivity contribution >= 4 is 17.5 Å². The number of benzene rings is 1. The number of β-amino-alcohol motifs (C(OH)–C–C–N with tert-alkyl or cyclic N) is 1. The van der Waals surface area contributed by atoms with Crippen molar-refractivity contribution < 1.29 is 9.84 Å². The number of hydrogen-bond acceptors (Lipinski definition) is 6. The molecule has 1 saturated heterocycles. The maximum atomic E-state index is 10.2. The predicted molar refractivity (Wildman–Crippen MR) is 93.6 cm³/mol. The molecule has 3 rings (SSSR count). The van der Waals surface area contributed by atoms with Gasteiger partial charge in [-0.1, -0.05) is 11.6 Å². The molecule has 1 N–H and O–H groups in total. The van der Waals surface area contributed by atoms with E-state index in [4.69, 9.17) is 16.3 Å². The summed E-state index contributed by atoms with van der Waals surface area (Å²) in [6.07, 6.45) is 2.99. The molecule has 1 atom stereocenters. The first-order valence-corrected chi connectivity index (χ1v) is 8.39. The lowest BCUT2D eigenvalue weighted by molar-refractivity contribution is 0.0662. The second-order valence-electron chi connectivity index (χ2n) is 5.76. The first-order valence-electron chi connectivity index (χ1n) is 8.01. The van der Waals surface area contributed by atoms with Crippen molar-refractivity contribution in [3.8, 4) is 5.75 Å². The van der Waals surface area contributed by atoms with Gasteiger partial charge in [-0.3, -0.25) is 4.90 Å². The Morgan fingerprint density at radius 2 is 1.75 bits per heavy atom. The fourth-order valence-electron chi connectivity index (χ4n) is 2.66. The van der Waals surface area contributed by atoms with Gasteiger partial charge in [0.15, 0.2) is 0 Å². The topological polar surface area (TPSA) is 61.7 Å². The van der Waals surface area contributed by atoms with Crippen LogP contribution in [0.1, 0.15) is 0 Å². The minimum absolute atomic E-state index is 0.268. The van der Waals surface area contributed by atoms with Crippen LogP contribution in [0.5, 0.6) is 5.75 Å². The lowest BCUT2D eigenvalue weighted by atomic mass is 10.2. The molecular weight excluding hydrogens is 328 g/mol. The molecule has 1 aliphatic heterocycles. The number of anilines is 1. The molecular formula is C17H21ClN4O2. The van der Waals surface area contributed by atoms with Gasteiger partial charge >= 0.3 is 0 Å². The van der Waals surface area contributed by atoms with Crippen LogP contribution in [0, 0.1) is 0 Å². The van der Waals surface area contributed by atoms with E-state index < -0.39 is 6.10 Å². The average molecular weight is 349 g/mol. The number of ether oxygens (including phenoxy) is 1. The molecule has 0 saturated carbocycles. The van der Waals surface area contributed by atoms with Crippen molar-refractivity contribution in [1.82, 2.24) is 14.9 Å². The number of hydrogen-bond donors (Lipinski definition) is 1. The molecule has 0 bridgehead atoms. The first kappa shape index (κ1) is 17.0. The highest BCUT2D eigenvalue weighted by atomic mass is 35.5. The summed E-state index contributed by atoms with van der Waals surface area (Å²) >= 11 is 5.83. The van der Waals surface area contributed by atoms with Crippen molar-refractivity contribution in [2.75, 3.05) is 44.2 Å². The van der Waals surface area contributed by atoms with E-state index >= 15 is 0 Å². The molecule has 0 unspecified atom stereocenters. The van der Waals surface area contributed by atoms with Crippen molar-refractivity contribution in [3.05, 3.63) is 47.7 Å². The molecule has 1 aromatic heterocycles. The molecule has 6 nitrogen and oxygen atoms in total. The van der Waals surface area contributed by atoms with Gasteiger partial charge in [0.2, 0.25) is 5.95 Å². The Labute approximate surface area is 146 Å². The van der Waals surface area contributed by atoms with Crippen molar-refractivity contribution in [2.24, 2.45) is 0 Å². The molecule has 24 heavy (non-hydrogen) atoms. The Hall–Kier alpha value is -1.89. The van der Waals surface area contributed by atoms with Gasteiger partial charge in [-0.15, -0.1) is 0 Å². The Morgan fingerprint density at radius 1 is 1.08 bits per heavy atom. The lowest BCUT2D eigenvalue weighted by Gasteiger charge is -2.35. The standard InChI is InChI=1S/C17H21ClN4O2/c18-14-2-4-16(5-3-14)24-13-15(23)12-21-8-10-22(11-9-21)17-19-6-1-7-20-17/h1-7,15,23H,8-13H2/t15-/m0/s1. The van der Waals surface area contributed by atoms with Gasteiger partial charge < -0.3 is 14.7 Å². The van der Waals surface area contributed by atoms with Crippen LogP contribution in [0.2, 0.25) is 5.02 Å². The zero-order valence-electron chi connectivity index (χ0n) is 13.4. The van der Waals surface area contributed by atoms with Crippen LogP contribution in [-0.2, 0) is 0 Å². The molecule has 0 amide bonds. The number of halogens is 1. The second kappa shape index (κ2) is 8.28. The maximum absolute atomic E-state index is 10.2. The van der Waals surface area contributed by atoms with Crippen LogP contribution in [0.3, 0.4) is 0 Å². The molecule has 1 aliphatic rings. The number of aliphatic hydroxyl groups excluding tert-OH is 1. The third-order valence-electron chi connectivity index (χ3n) is 3.93. The van der Waals surface area contributed by atoms with Crippen LogP contribution < -0.4 is 9.64 Å². The highest BCUT2D eigenvalue weighted by molar-refractivity contribution is 6.30. The quantitative estimate of drug-likeness (QED) is 0.857. The predicted octanol–water partition coefficient (Wildman–Crippen LogP) is 1.69. The summed E-state index contributed by atoms with van der Waals surface area (Å²) in [4.78, 5) is 12.9. The highest BCUT2D eigenvalue weighted by Crippen LogP contribution is 2.16. The van der Waals surface area contributed by atoms with E-state index in [0.29, 0.717) is 17.3 Å². The average Bonchev–Trinajstić information content (AvgIpc) is 2.63. The smallest absolute Gasteiger partial charge is 0.225 e. The molecule has 0 aliphatic carbocycles. The molecule has 1 aromatic carbocycles. The molecule has 2 heterocycles. The SMILES string of the molecule is O[C@H](COc1ccc(Cl)cc1)CN1CCN(c2ncccn2)CC1. The van der Waals surface area contributed by atoms with E-state index in [0.717, 1.165) is 32.1 Å². The number of rotatable bonds is 6. The van der Waals surface area contributed by atoms with E-state index in [-0.39, 0.29) is 6.61 Å². The van der Waals surface area contributed by atoms with Crippen molar-refractivity contribution in [2.45, 2.75) is 6.10 Å². The van der Waals surface area contributed by atoms with E-state index in [1.165, 1.54) is 0 Å². The summed E-state index contributed by atoms with van der Waals surface area (Å²) in [7, 11) is 0. The van der Waals surface area contributed by atoms with E-state index in [1.807, 2.05) is 6.07 Å². The Kier molecular flexibility index (Phi) is 5.85. The molecule has 7 heteroatoms. The maximum Gasteiger partial charge on any atom is 0.225 e. The largest absolute Gasteiger partial charge is 0.491 e. The Balaban J connectivity index is 1.40. The summed E-state index contributed by atoms with van der Waals surface area (Å²) in [5, 5.41) is 10.8. The van der Waals surface area contributed by atoms with Crippen LogP contribution in [-0.4, -0.2) is 65.4 Å². The molecule has 0 spiro atoms. The summed E-state index contributed by atoms with van der Waals surface area (Å²) < 4.78 is 5.59. The van der Waals surface area contributed by atoms with Crippen LogP contribution in [0.25, 0.3) is 0 Å². The second-order valence-corrected chi connectivity index (χ2v) is 6.19. The van der Waals surface area contributed by atoms with E-state index in [2.05, 4.69) is 19.8 Å². The molecule has 0 radical (unpaired) electrons. The van der Waals surface area contributed by atoms with Gasteiger partial charge in [0, 0.05) is 50.1 Å². The normalized spacial score (nSPS) is 16.8. The van der Waals surface area contributed by atoms with Gasteiger partial charge in [-0.25, -0.2) is 9.97 Å². The fraction of sp³-hybridized carbons (Fsp3) is 0.412. The van der Waals surface area contributed by atoms with Gasteiger partial charge in [-0.2, -0.15) is 0 Å². The van der Waals surface area contributed by atoms with E-state index in [1.54, 1.807) is 36.7 Å². The molecule has 128 valence electrons. The third kappa shape index (κ3) is 4.80. The monoisotopic (exact) mass is 348 g/mol. The number of nitrogens with zero attached hydrogens (tertiary/aromatic N) is 4. The third-order valence-corrected chi connectivity index (χ3v) is 4.18. The minimum Gasteiger partial charge on any atom is -0.491 e. The van der Waals surface area contributed by atoms with Crippen molar-refractivity contribution in [1.29, 1.82) is 0 Å². The first-order chi connectivity index (χ1) is 11.7. The summed E-state index contributed by atoms with van der Waals surface area (Å²) in [6, 6.07) is 8.96. The summed E-state index contributed by atoms with van der Waals surface area (Å²) in [5.74, 6) is 1.48. The van der Waals surface area contributed by atoms with Gasteiger partial charge in [0.1, 0.15) is 18.5 Å². The highest BCUT2D eigenvalue weighted by Gasteiger charge is 2.20. The minimum atomic E-state index is -0.528. The Morgan fingerprint density at radius 3 is 2.42 bits per heavy atom. The summed E-state index contributed by atoms with van der Waals surface area (Å²) in [6.45, 7) is 4.32. The van der Waals surface area contributed by atoms with Crippen LogP contribution >= 0.6 is 11.6 Å². The Bertz CT molecular complexity index is 618. The van der Waals surface area contributed by atoms with Crippen molar-refractivity contribution in [3.63, 3.8) is 0 Å².